The maximum atomic E-state index is 3.85. The Hall–Kier alpha value is -1.91. The van der Waals surface area contributed by atoms with Crippen molar-refractivity contribution in [3.05, 3.63) is 30.3 Å². The summed E-state index contributed by atoms with van der Waals surface area (Å²) >= 11 is 0. The highest BCUT2D eigenvalue weighted by Crippen LogP contribution is 2.08. The van der Waals surface area contributed by atoms with Crippen LogP contribution >= 0.6 is 0 Å². The highest BCUT2D eigenvalue weighted by molar-refractivity contribution is 5.37. The van der Waals surface area contributed by atoms with Gasteiger partial charge in [0.25, 0.3) is 0 Å². The summed E-state index contributed by atoms with van der Waals surface area (Å²) in [6.45, 7) is 0. The van der Waals surface area contributed by atoms with Crippen molar-refractivity contribution in [3.63, 3.8) is 0 Å². The van der Waals surface area contributed by atoms with E-state index in [1.165, 1.54) is 0 Å². The average Bonchev–Trinajstić information content (AvgIpc) is 2.67. The molecule has 0 aliphatic heterocycles. The van der Waals surface area contributed by atoms with E-state index in [0.717, 1.165) is 5.69 Å². The predicted octanol–water partition coefficient (Wildman–Crippen LogP) is 0.704. The fourth-order valence-electron chi connectivity index (χ4n) is 1.09. The Morgan fingerprint density at radius 1 is 1.23 bits per heavy atom. The van der Waals surface area contributed by atoms with Crippen molar-refractivity contribution in [2.75, 3.05) is 12.4 Å². The van der Waals surface area contributed by atoms with Gasteiger partial charge in [0.2, 0.25) is 5.95 Å². The number of nitrogens with zero attached hydrogens (tertiary/aromatic N) is 4. The lowest BCUT2D eigenvalue weighted by atomic mass is 10.3. The fourth-order valence-corrected chi connectivity index (χ4v) is 1.09. The van der Waals surface area contributed by atoms with Crippen LogP contribution in [-0.4, -0.2) is 27.3 Å². The first-order valence-electron chi connectivity index (χ1n) is 3.93. The topological polar surface area (TPSA) is 55.6 Å². The number of hydrogen-bond donors (Lipinski definition) is 1. The van der Waals surface area contributed by atoms with Gasteiger partial charge in [-0.3, -0.25) is 0 Å². The Bertz CT molecular complexity index is 380. The number of para-hydroxylation sites is 1. The standard InChI is InChI=1S/C8H9N5/c1-9-8-10-11-12-13(8)7-5-3-2-4-6-7/h2-6H,1H3,(H,9,10,12). The van der Waals surface area contributed by atoms with Gasteiger partial charge in [0, 0.05) is 7.05 Å². The lowest BCUT2D eigenvalue weighted by molar-refractivity contribution is 0.791. The van der Waals surface area contributed by atoms with Gasteiger partial charge >= 0.3 is 0 Å². The maximum Gasteiger partial charge on any atom is 0.247 e. The Kier molecular flexibility index (Phi) is 1.91. The van der Waals surface area contributed by atoms with E-state index in [9.17, 15) is 0 Å². The van der Waals surface area contributed by atoms with Gasteiger partial charge in [-0.05, 0) is 22.6 Å². The number of tetrazole rings is 1. The van der Waals surface area contributed by atoms with Crippen LogP contribution in [-0.2, 0) is 0 Å². The molecule has 0 amide bonds. The van der Waals surface area contributed by atoms with E-state index in [-0.39, 0.29) is 0 Å². The molecule has 13 heavy (non-hydrogen) atoms. The Morgan fingerprint density at radius 2 is 2.00 bits per heavy atom. The van der Waals surface area contributed by atoms with Gasteiger partial charge < -0.3 is 5.32 Å². The molecule has 0 bridgehead atoms. The highest BCUT2D eigenvalue weighted by Gasteiger charge is 2.03. The van der Waals surface area contributed by atoms with Crippen LogP contribution < -0.4 is 5.32 Å². The molecule has 0 fully saturated rings. The SMILES string of the molecule is CNc1nnnn1-c1ccccc1. The molecule has 1 aromatic heterocycles. The van der Waals surface area contributed by atoms with Crippen molar-refractivity contribution in [3.8, 4) is 5.69 Å². The minimum atomic E-state index is 0.631. The molecule has 0 aliphatic carbocycles. The van der Waals surface area contributed by atoms with Crippen LogP contribution in [0.5, 0.6) is 0 Å². The van der Waals surface area contributed by atoms with E-state index in [2.05, 4.69) is 20.8 Å². The van der Waals surface area contributed by atoms with Crippen LogP contribution in [0.25, 0.3) is 5.69 Å². The molecule has 0 atom stereocenters. The van der Waals surface area contributed by atoms with Crippen molar-refractivity contribution in [2.24, 2.45) is 0 Å². The van der Waals surface area contributed by atoms with Crippen molar-refractivity contribution in [1.82, 2.24) is 20.2 Å². The summed E-state index contributed by atoms with van der Waals surface area (Å²) < 4.78 is 1.64. The zero-order valence-corrected chi connectivity index (χ0v) is 7.18. The van der Waals surface area contributed by atoms with E-state index < -0.39 is 0 Å². The quantitative estimate of drug-likeness (QED) is 0.730. The van der Waals surface area contributed by atoms with Crippen molar-refractivity contribution in [1.29, 1.82) is 0 Å². The number of hydrogen-bond acceptors (Lipinski definition) is 4. The molecule has 0 radical (unpaired) electrons. The van der Waals surface area contributed by atoms with E-state index in [1.807, 2.05) is 30.3 Å². The number of nitrogens with one attached hydrogen (secondary N) is 1. The molecule has 0 spiro atoms. The van der Waals surface area contributed by atoms with Crippen molar-refractivity contribution >= 4 is 5.95 Å². The first-order chi connectivity index (χ1) is 6.42. The van der Waals surface area contributed by atoms with Crippen LogP contribution in [0.3, 0.4) is 0 Å². The zero-order chi connectivity index (χ0) is 9.10. The molecule has 0 saturated heterocycles. The lowest BCUT2D eigenvalue weighted by Gasteiger charge is -2.01. The third kappa shape index (κ3) is 1.35. The molecule has 0 saturated carbocycles. The van der Waals surface area contributed by atoms with E-state index in [4.69, 9.17) is 0 Å². The largest absolute Gasteiger partial charge is 0.356 e. The fraction of sp³-hybridized carbons (Fsp3) is 0.125. The first kappa shape index (κ1) is 7.72. The summed E-state index contributed by atoms with van der Waals surface area (Å²) in [6.07, 6.45) is 0. The first-order valence-corrected chi connectivity index (χ1v) is 3.93. The molecular formula is C8H9N5. The monoisotopic (exact) mass is 175 g/mol. The summed E-state index contributed by atoms with van der Waals surface area (Å²) in [5, 5.41) is 14.1. The van der Waals surface area contributed by atoms with Gasteiger partial charge in [-0.1, -0.05) is 23.3 Å². The molecule has 5 nitrogen and oxygen atoms in total. The number of aromatic nitrogens is 4. The van der Waals surface area contributed by atoms with Crippen LogP contribution in [0.1, 0.15) is 0 Å². The molecule has 66 valence electrons. The Balaban J connectivity index is 2.47. The highest BCUT2D eigenvalue weighted by atomic mass is 15.6. The van der Waals surface area contributed by atoms with Crippen LogP contribution in [0.4, 0.5) is 5.95 Å². The number of benzene rings is 1. The molecule has 0 unspecified atom stereocenters. The molecule has 1 aromatic carbocycles. The maximum absolute atomic E-state index is 3.85. The van der Waals surface area contributed by atoms with E-state index >= 15 is 0 Å². The van der Waals surface area contributed by atoms with Gasteiger partial charge in [0.15, 0.2) is 0 Å². The minimum absolute atomic E-state index is 0.631. The van der Waals surface area contributed by atoms with Crippen molar-refractivity contribution in [2.45, 2.75) is 0 Å². The molecule has 2 aromatic rings. The predicted molar refractivity (Wildman–Crippen MR) is 48.7 cm³/mol. The van der Waals surface area contributed by atoms with Gasteiger partial charge in [0.05, 0.1) is 5.69 Å². The molecule has 1 N–H and O–H groups in total. The van der Waals surface area contributed by atoms with Gasteiger partial charge in [-0.15, -0.1) is 0 Å². The third-order valence-electron chi connectivity index (χ3n) is 1.69. The van der Waals surface area contributed by atoms with Crippen LogP contribution in [0.2, 0.25) is 0 Å². The number of rotatable bonds is 2. The van der Waals surface area contributed by atoms with E-state index in [0.29, 0.717) is 5.95 Å². The second-order valence-electron chi connectivity index (χ2n) is 2.50. The van der Waals surface area contributed by atoms with Crippen molar-refractivity contribution < 1.29 is 0 Å². The molecule has 5 heteroatoms. The molecule has 0 aliphatic rings. The van der Waals surface area contributed by atoms with Gasteiger partial charge in [0.1, 0.15) is 0 Å². The van der Waals surface area contributed by atoms with Crippen LogP contribution in [0.15, 0.2) is 30.3 Å². The summed E-state index contributed by atoms with van der Waals surface area (Å²) in [5.41, 5.74) is 0.942. The van der Waals surface area contributed by atoms with Crippen LogP contribution in [0, 0.1) is 0 Å². The molecule has 2 rings (SSSR count). The second kappa shape index (κ2) is 3.22. The molecule has 1 heterocycles. The smallest absolute Gasteiger partial charge is 0.247 e. The minimum Gasteiger partial charge on any atom is -0.356 e. The van der Waals surface area contributed by atoms with E-state index in [1.54, 1.807) is 11.7 Å². The number of anilines is 1. The second-order valence-corrected chi connectivity index (χ2v) is 2.50. The summed E-state index contributed by atoms with van der Waals surface area (Å²) in [6, 6.07) is 9.72. The summed E-state index contributed by atoms with van der Waals surface area (Å²) in [5.74, 6) is 0.631. The van der Waals surface area contributed by atoms with Gasteiger partial charge in [-0.2, -0.15) is 4.68 Å². The lowest BCUT2D eigenvalue weighted by Crippen LogP contribution is -2.02. The normalized spacial score (nSPS) is 9.92. The summed E-state index contributed by atoms with van der Waals surface area (Å²) in [4.78, 5) is 0. The zero-order valence-electron chi connectivity index (χ0n) is 7.18. The van der Waals surface area contributed by atoms with Gasteiger partial charge in [-0.25, -0.2) is 0 Å². The molecular weight excluding hydrogens is 166 g/mol. The average molecular weight is 175 g/mol. The third-order valence-corrected chi connectivity index (χ3v) is 1.69. The Morgan fingerprint density at radius 3 is 2.69 bits per heavy atom. The Labute approximate surface area is 75.4 Å². The summed E-state index contributed by atoms with van der Waals surface area (Å²) in [7, 11) is 1.78.